The van der Waals surface area contributed by atoms with Gasteiger partial charge in [-0.2, -0.15) is 0 Å². The first-order valence-corrected chi connectivity index (χ1v) is 8.73. The fraction of sp³-hybridized carbons (Fsp3) is 0.211. The lowest BCUT2D eigenvalue weighted by atomic mass is 10.1. The first-order chi connectivity index (χ1) is 13.6. The molecule has 2 aromatic heterocycles. The van der Waals surface area contributed by atoms with E-state index >= 15 is 0 Å². The zero-order valence-corrected chi connectivity index (χ0v) is 15.1. The summed E-state index contributed by atoms with van der Waals surface area (Å²) in [6, 6.07) is 12.3. The van der Waals surface area contributed by atoms with Crippen LogP contribution in [-0.4, -0.2) is 51.7 Å². The minimum absolute atomic E-state index is 0.00506. The molecule has 1 atom stereocenters. The van der Waals surface area contributed by atoms with Crippen molar-refractivity contribution >= 4 is 17.6 Å². The quantitative estimate of drug-likeness (QED) is 0.699. The number of H-pyrrole nitrogens is 1. The van der Waals surface area contributed by atoms with Crippen LogP contribution in [0.3, 0.4) is 0 Å². The van der Waals surface area contributed by atoms with Crippen LogP contribution in [-0.2, 0) is 11.2 Å². The summed E-state index contributed by atoms with van der Waals surface area (Å²) in [6.45, 7) is -0.00506. The van der Waals surface area contributed by atoms with Crippen molar-refractivity contribution in [1.29, 1.82) is 0 Å². The van der Waals surface area contributed by atoms with E-state index in [1.165, 1.54) is 4.90 Å². The Morgan fingerprint density at radius 3 is 2.93 bits per heavy atom. The van der Waals surface area contributed by atoms with Gasteiger partial charge in [0.05, 0.1) is 0 Å². The molecule has 9 nitrogen and oxygen atoms in total. The van der Waals surface area contributed by atoms with Crippen LogP contribution in [0.25, 0.3) is 0 Å². The maximum Gasteiger partial charge on any atom is 0.291 e. The van der Waals surface area contributed by atoms with Crippen LogP contribution in [0.15, 0.2) is 48.7 Å². The molecule has 0 unspecified atom stereocenters. The van der Waals surface area contributed by atoms with Gasteiger partial charge in [0.1, 0.15) is 18.5 Å². The maximum atomic E-state index is 12.7. The zero-order valence-electron chi connectivity index (χ0n) is 15.1. The second-order valence-electron chi connectivity index (χ2n) is 6.33. The van der Waals surface area contributed by atoms with Crippen LogP contribution >= 0.6 is 0 Å². The highest BCUT2D eigenvalue weighted by Crippen LogP contribution is 2.27. The molecule has 0 spiro atoms. The summed E-state index contributed by atoms with van der Waals surface area (Å²) < 4.78 is 5.63. The smallest absolute Gasteiger partial charge is 0.291 e. The number of aromatic amines is 1. The van der Waals surface area contributed by atoms with Crippen molar-refractivity contribution in [3.8, 4) is 5.75 Å². The van der Waals surface area contributed by atoms with Crippen LogP contribution < -0.4 is 15.0 Å². The van der Waals surface area contributed by atoms with Gasteiger partial charge in [0.25, 0.3) is 11.8 Å². The monoisotopic (exact) mass is 378 g/mol. The van der Waals surface area contributed by atoms with Gasteiger partial charge in [-0.15, -0.1) is 5.10 Å². The number of aromatic nitrogens is 4. The normalized spacial score (nSPS) is 16.1. The van der Waals surface area contributed by atoms with Crippen molar-refractivity contribution in [2.45, 2.75) is 12.5 Å². The standard InChI is InChI=1S/C19H18N6O3/c1-25-17-14(8-5-9-20-17)28-11-13(19(25)27)21-18(26)16-22-15(23-24-16)10-12-6-3-2-4-7-12/h2-9,13H,10-11H2,1H3,(H,21,26)(H,22,23,24)/t13-/m1/s1. The molecule has 0 saturated carbocycles. The SMILES string of the molecule is CN1C(=O)[C@H](NC(=O)c2n[nH]c(Cc3ccccc3)n2)COc2cccnc21. The first-order valence-electron chi connectivity index (χ1n) is 8.73. The second-order valence-corrected chi connectivity index (χ2v) is 6.33. The number of amides is 2. The highest BCUT2D eigenvalue weighted by atomic mass is 16.5. The van der Waals surface area contributed by atoms with E-state index in [1.807, 2.05) is 30.3 Å². The van der Waals surface area contributed by atoms with Gasteiger partial charge < -0.3 is 10.1 Å². The summed E-state index contributed by atoms with van der Waals surface area (Å²) in [7, 11) is 1.59. The molecule has 28 heavy (non-hydrogen) atoms. The lowest BCUT2D eigenvalue weighted by Crippen LogP contribution is -2.49. The fourth-order valence-corrected chi connectivity index (χ4v) is 2.92. The Kier molecular flexibility index (Phi) is 4.71. The average molecular weight is 378 g/mol. The summed E-state index contributed by atoms with van der Waals surface area (Å²) >= 11 is 0. The highest BCUT2D eigenvalue weighted by molar-refractivity contribution is 6.01. The number of likely N-dealkylation sites (N-methyl/N-ethyl adjacent to an activating group) is 1. The van der Waals surface area contributed by atoms with Crippen molar-refractivity contribution < 1.29 is 14.3 Å². The predicted octanol–water partition coefficient (Wildman–Crippen LogP) is 0.944. The molecule has 3 aromatic rings. The number of fused-ring (bicyclic) bond motifs is 1. The van der Waals surface area contributed by atoms with E-state index in [-0.39, 0.29) is 18.3 Å². The Labute approximate surface area is 160 Å². The van der Waals surface area contributed by atoms with Gasteiger partial charge in [0.2, 0.25) is 5.82 Å². The van der Waals surface area contributed by atoms with E-state index in [1.54, 1.807) is 25.4 Å². The Hall–Kier alpha value is -3.75. The molecule has 1 aliphatic heterocycles. The average Bonchev–Trinajstić information content (AvgIpc) is 3.15. The van der Waals surface area contributed by atoms with E-state index in [4.69, 9.17) is 4.74 Å². The van der Waals surface area contributed by atoms with Gasteiger partial charge in [-0.1, -0.05) is 30.3 Å². The number of ether oxygens (including phenoxy) is 1. The molecule has 1 aromatic carbocycles. The summed E-state index contributed by atoms with van der Waals surface area (Å²) in [5, 5.41) is 9.36. The molecule has 2 amide bonds. The van der Waals surface area contributed by atoms with Gasteiger partial charge >= 0.3 is 0 Å². The lowest BCUT2D eigenvalue weighted by molar-refractivity contribution is -0.120. The molecule has 1 aliphatic rings. The molecule has 0 saturated heterocycles. The predicted molar refractivity (Wildman–Crippen MR) is 100 cm³/mol. The number of hydrogen-bond acceptors (Lipinski definition) is 6. The van der Waals surface area contributed by atoms with E-state index in [0.717, 1.165) is 5.56 Å². The van der Waals surface area contributed by atoms with E-state index in [9.17, 15) is 9.59 Å². The number of anilines is 1. The van der Waals surface area contributed by atoms with E-state index < -0.39 is 11.9 Å². The number of rotatable bonds is 4. The van der Waals surface area contributed by atoms with Gasteiger partial charge in [-0.3, -0.25) is 19.6 Å². The Morgan fingerprint density at radius 2 is 2.11 bits per heavy atom. The maximum absolute atomic E-state index is 12.7. The molecule has 9 heteroatoms. The number of hydrogen-bond donors (Lipinski definition) is 2. The summed E-state index contributed by atoms with van der Waals surface area (Å²) in [5.41, 5.74) is 1.05. The number of carbonyl (C=O) groups is 2. The van der Waals surface area contributed by atoms with Crippen LogP contribution in [0.2, 0.25) is 0 Å². The highest BCUT2D eigenvalue weighted by Gasteiger charge is 2.32. The number of benzene rings is 1. The fourth-order valence-electron chi connectivity index (χ4n) is 2.92. The second kappa shape index (κ2) is 7.47. The van der Waals surface area contributed by atoms with Crippen molar-refractivity contribution in [2.75, 3.05) is 18.6 Å². The molecule has 0 aliphatic carbocycles. The van der Waals surface area contributed by atoms with Gasteiger partial charge in [-0.25, -0.2) is 9.97 Å². The van der Waals surface area contributed by atoms with E-state index in [2.05, 4.69) is 25.5 Å². The number of nitrogens with zero attached hydrogens (tertiary/aromatic N) is 4. The molecule has 0 fully saturated rings. The summed E-state index contributed by atoms with van der Waals surface area (Å²) in [4.78, 5) is 34.9. The summed E-state index contributed by atoms with van der Waals surface area (Å²) in [5.74, 6) is 0.552. The van der Waals surface area contributed by atoms with Crippen LogP contribution in [0.1, 0.15) is 22.0 Å². The molecule has 4 rings (SSSR count). The van der Waals surface area contributed by atoms with Crippen LogP contribution in [0, 0.1) is 0 Å². The van der Waals surface area contributed by atoms with Crippen molar-refractivity contribution in [3.63, 3.8) is 0 Å². The van der Waals surface area contributed by atoms with Crippen molar-refractivity contribution in [1.82, 2.24) is 25.5 Å². The third kappa shape index (κ3) is 3.54. The molecule has 0 bridgehead atoms. The largest absolute Gasteiger partial charge is 0.487 e. The summed E-state index contributed by atoms with van der Waals surface area (Å²) in [6.07, 6.45) is 2.10. The number of carbonyl (C=O) groups excluding carboxylic acids is 2. The number of pyridine rings is 1. The zero-order chi connectivity index (χ0) is 19.5. The van der Waals surface area contributed by atoms with Crippen molar-refractivity contribution in [3.05, 3.63) is 65.9 Å². The van der Waals surface area contributed by atoms with Gasteiger partial charge in [-0.05, 0) is 17.7 Å². The third-order valence-corrected chi connectivity index (χ3v) is 4.36. The van der Waals surface area contributed by atoms with Gasteiger partial charge in [0.15, 0.2) is 11.6 Å². The lowest BCUT2D eigenvalue weighted by Gasteiger charge is -2.18. The minimum atomic E-state index is -0.872. The molecule has 3 heterocycles. The van der Waals surface area contributed by atoms with Gasteiger partial charge in [0, 0.05) is 19.7 Å². The molecular weight excluding hydrogens is 360 g/mol. The van der Waals surface area contributed by atoms with Crippen molar-refractivity contribution in [2.24, 2.45) is 0 Å². The Balaban J connectivity index is 1.45. The molecular formula is C19H18N6O3. The molecule has 2 N–H and O–H groups in total. The molecule has 142 valence electrons. The Morgan fingerprint density at radius 1 is 1.29 bits per heavy atom. The topological polar surface area (TPSA) is 113 Å². The third-order valence-electron chi connectivity index (χ3n) is 4.36. The van der Waals surface area contributed by atoms with Crippen LogP contribution in [0.4, 0.5) is 5.82 Å². The minimum Gasteiger partial charge on any atom is -0.487 e. The number of nitrogens with one attached hydrogen (secondary N) is 2. The van der Waals surface area contributed by atoms with Crippen LogP contribution in [0.5, 0.6) is 5.75 Å². The Bertz CT molecular complexity index is 1000. The van der Waals surface area contributed by atoms with E-state index in [0.29, 0.717) is 23.8 Å². The molecule has 0 radical (unpaired) electrons. The first kappa shape index (κ1) is 17.7.